The van der Waals surface area contributed by atoms with Crippen molar-refractivity contribution in [3.8, 4) is 0 Å². The lowest BCUT2D eigenvalue weighted by molar-refractivity contribution is 0.264. The van der Waals surface area contributed by atoms with Gasteiger partial charge in [0.05, 0.1) is 6.61 Å². The number of aliphatic hydroxyl groups excluding tert-OH is 1. The van der Waals surface area contributed by atoms with Crippen LogP contribution in [0.25, 0.3) is 0 Å². The van der Waals surface area contributed by atoms with Crippen molar-refractivity contribution in [2.24, 2.45) is 0 Å². The maximum absolute atomic E-state index is 9.02. The first kappa shape index (κ1) is 8.75. The van der Waals surface area contributed by atoms with Gasteiger partial charge in [0.2, 0.25) is 0 Å². The van der Waals surface area contributed by atoms with Gasteiger partial charge in [-0.15, -0.1) is 0 Å². The Labute approximate surface area is 77.7 Å². The summed E-state index contributed by atoms with van der Waals surface area (Å²) in [7, 11) is 0. The Balaban J connectivity index is 2.25. The fourth-order valence-corrected chi connectivity index (χ4v) is 1.93. The van der Waals surface area contributed by atoms with Gasteiger partial charge in [0.1, 0.15) is 11.5 Å². The lowest BCUT2D eigenvalue weighted by Gasteiger charge is -2.07. The molecule has 0 aliphatic heterocycles. The average molecular weight is 181 g/mol. The Bertz CT molecular complexity index is 280. The lowest BCUT2D eigenvalue weighted by Crippen LogP contribution is -1.99. The third-order valence-corrected chi connectivity index (χ3v) is 2.68. The second-order valence-electron chi connectivity index (χ2n) is 3.60. The minimum Gasteiger partial charge on any atom is -0.390 e. The normalized spacial score (nSPS) is 17.6. The van der Waals surface area contributed by atoms with E-state index in [-0.39, 0.29) is 6.61 Å². The van der Waals surface area contributed by atoms with Crippen LogP contribution in [-0.4, -0.2) is 10.3 Å². The van der Waals surface area contributed by atoms with Crippen LogP contribution in [0, 0.1) is 0 Å². The summed E-state index contributed by atoms with van der Waals surface area (Å²) in [4.78, 5) is 0. The summed E-state index contributed by atoms with van der Waals surface area (Å²) in [5, 5.41) is 12.9. The Kier molecular flexibility index (Phi) is 2.64. The van der Waals surface area contributed by atoms with Crippen molar-refractivity contribution in [3.05, 3.63) is 17.0 Å². The van der Waals surface area contributed by atoms with E-state index in [9.17, 15) is 0 Å². The van der Waals surface area contributed by atoms with Gasteiger partial charge in [-0.05, 0) is 19.3 Å². The molecule has 0 amide bonds. The van der Waals surface area contributed by atoms with Crippen molar-refractivity contribution < 1.29 is 9.63 Å². The minimum absolute atomic E-state index is 0.0127. The zero-order chi connectivity index (χ0) is 9.10. The third kappa shape index (κ3) is 1.75. The first-order chi connectivity index (χ1) is 6.42. The van der Waals surface area contributed by atoms with Gasteiger partial charge < -0.3 is 9.63 Å². The van der Waals surface area contributed by atoms with Crippen molar-refractivity contribution in [2.75, 3.05) is 0 Å². The van der Waals surface area contributed by atoms with Gasteiger partial charge in [0, 0.05) is 12.0 Å². The fourth-order valence-electron chi connectivity index (χ4n) is 1.93. The van der Waals surface area contributed by atoms with Crippen molar-refractivity contribution >= 4 is 0 Å². The highest BCUT2D eigenvalue weighted by atomic mass is 16.5. The zero-order valence-corrected chi connectivity index (χ0v) is 7.75. The Morgan fingerprint density at radius 2 is 1.92 bits per heavy atom. The first-order valence-corrected chi connectivity index (χ1v) is 4.99. The van der Waals surface area contributed by atoms with E-state index in [2.05, 4.69) is 5.16 Å². The molecule has 1 N–H and O–H groups in total. The minimum atomic E-state index is 0.0127. The van der Waals surface area contributed by atoms with Crippen molar-refractivity contribution in [1.82, 2.24) is 5.16 Å². The van der Waals surface area contributed by atoms with Gasteiger partial charge in [-0.25, -0.2) is 0 Å². The van der Waals surface area contributed by atoms with E-state index in [1.807, 2.05) is 0 Å². The molecule has 0 bridgehead atoms. The van der Waals surface area contributed by atoms with Crippen LogP contribution in [0.15, 0.2) is 4.52 Å². The summed E-state index contributed by atoms with van der Waals surface area (Å²) >= 11 is 0. The molecule has 3 nitrogen and oxygen atoms in total. The van der Waals surface area contributed by atoms with Crippen LogP contribution in [0.3, 0.4) is 0 Å². The van der Waals surface area contributed by atoms with Gasteiger partial charge in [0.15, 0.2) is 0 Å². The van der Waals surface area contributed by atoms with Crippen LogP contribution < -0.4 is 0 Å². The second-order valence-corrected chi connectivity index (χ2v) is 3.60. The summed E-state index contributed by atoms with van der Waals surface area (Å²) in [6.45, 7) is 0.0127. The van der Waals surface area contributed by atoms with E-state index in [1.54, 1.807) is 0 Å². The number of nitrogens with zero attached hydrogens (tertiary/aromatic N) is 1. The first-order valence-electron chi connectivity index (χ1n) is 4.99. The smallest absolute Gasteiger partial charge is 0.140 e. The molecule has 0 fully saturated rings. The quantitative estimate of drug-likeness (QED) is 0.718. The van der Waals surface area contributed by atoms with E-state index in [4.69, 9.17) is 9.63 Å². The number of aromatic nitrogens is 1. The zero-order valence-electron chi connectivity index (χ0n) is 7.75. The molecule has 3 heteroatoms. The van der Waals surface area contributed by atoms with E-state index >= 15 is 0 Å². The van der Waals surface area contributed by atoms with Crippen LogP contribution in [0.4, 0.5) is 0 Å². The summed E-state index contributed by atoms with van der Waals surface area (Å²) in [5.41, 5.74) is 1.92. The molecule has 0 saturated carbocycles. The Morgan fingerprint density at radius 1 is 1.15 bits per heavy atom. The van der Waals surface area contributed by atoms with Crippen LogP contribution >= 0.6 is 0 Å². The molecule has 0 unspecified atom stereocenters. The highest BCUT2D eigenvalue weighted by molar-refractivity contribution is 5.23. The molecular weight excluding hydrogens is 166 g/mol. The Hall–Kier alpha value is -0.830. The molecule has 1 aromatic heterocycles. The molecule has 2 rings (SSSR count). The van der Waals surface area contributed by atoms with Gasteiger partial charge in [-0.1, -0.05) is 18.0 Å². The highest BCUT2D eigenvalue weighted by Crippen LogP contribution is 2.22. The summed E-state index contributed by atoms with van der Waals surface area (Å²) in [5.74, 6) is 1.00. The Morgan fingerprint density at radius 3 is 2.69 bits per heavy atom. The van der Waals surface area contributed by atoms with Crippen LogP contribution in [0.1, 0.15) is 42.7 Å². The standard InChI is InChI=1S/C10H15NO2/c12-7-9-8-5-3-1-2-4-6-10(8)13-11-9/h12H,1-7H2. The SMILES string of the molecule is OCc1noc2c1CCCCCC2. The molecule has 72 valence electrons. The predicted octanol–water partition coefficient (Wildman–Crippen LogP) is 1.83. The van der Waals surface area contributed by atoms with E-state index in [1.165, 1.54) is 31.2 Å². The van der Waals surface area contributed by atoms with E-state index in [0.717, 1.165) is 24.3 Å². The molecule has 0 radical (unpaired) electrons. The van der Waals surface area contributed by atoms with Crippen molar-refractivity contribution in [3.63, 3.8) is 0 Å². The van der Waals surface area contributed by atoms with Crippen LogP contribution in [0.2, 0.25) is 0 Å². The van der Waals surface area contributed by atoms with Crippen molar-refractivity contribution in [2.45, 2.75) is 45.1 Å². The number of aryl methyl sites for hydroxylation is 1. The molecule has 1 aliphatic carbocycles. The number of hydrogen-bond acceptors (Lipinski definition) is 3. The summed E-state index contributed by atoms with van der Waals surface area (Å²) in [6.07, 6.45) is 6.97. The average Bonchev–Trinajstić information content (AvgIpc) is 2.46. The van der Waals surface area contributed by atoms with Gasteiger partial charge in [0.25, 0.3) is 0 Å². The number of rotatable bonds is 1. The third-order valence-electron chi connectivity index (χ3n) is 2.68. The largest absolute Gasteiger partial charge is 0.390 e. The monoisotopic (exact) mass is 181 g/mol. The molecule has 13 heavy (non-hydrogen) atoms. The molecular formula is C10H15NO2. The molecule has 1 heterocycles. The lowest BCUT2D eigenvalue weighted by atomic mass is 9.98. The second kappa shape index (κ2) is 3.92. The highest BCUT2D eigenvalue weighted by Gasteiger charge is 2.16. The number of aliphatic hydroxyl groups is 1. The number of fused-ring (bicyclic) bond motifs is 1. The van der Waals surface area contributed by atoms with Gasteiger partial charge in [-0.3, -0.25) is 0 Å². The fraction of sp³-hybridized carbons (Fsp3) is 0.700. The van der Waals surface area contributed by atoms with E-state index < -0.39 is 0 Å². The van der Waals surface area contributed by atoms with Crippen molar-refractivity contribution in [1.29, 1.82) is 0 Å². The maximum Gasteiger partial charge on any atom is 0.140 e. The molecule has 1 aliphatic rings. The molecule has 0 aromatic carbocycles. The summed E-state index contributed by atoms with van der Waals surface area (Å²) < 4.78 is 5.20. The maximum atomic E-state index is 9.02. The van der Waals surface area contributed by atoms with E-state index in [0.29, 0.717) is 0 Å². The molecule has 0 atom stereocenters. The van der Waals surface area contributed by atoms with Crippen LogP contribution in [0.5, 0.6) is 0 Å². The predicted molar refractivity (Wildman–Crippen MR) is 48.3 cm³/mol. The molecule has 0 spiro atoms. The van der Waals surface area contributed by atoms with Crippen LogP contribution in [-0.2, 0) is 19.4 Å². The topological polar surface area (TPSA) is 46.3 Å². The number of hydrogen-bond donors (Lipinski definition) is 1. The molecule has 1 aromatic rings. The van der Waals surface area contributed by atoms with Gasteiger partial charge in [-0.2, -0.15) is 0 Å². The van der Waals surface area contributed by atoms with Gasteiger partial charge >= 0.3 is 0 Å². The molecule has 0 saturated heterocycles. The summed E-state index contributed by atoms with van der Waals surface area (Å²) in [6, 6.07) is 0.